The molecule has 27 heavy (non-hydrogen) atoms. The van der Waals surface area contributed by atoms with E-state index < -0.39 is 15.5 Å². The SMILES string of the molecule is CCNC(=NCC1CCN(S(=O)(=O)C(F)(F)F)CC1)NC1CC2CCC1O2. The molecule has 0 spiro atoms. The third-order valence-electron chi connectivity index (χ3n) is 5.49. The highest BCUT2D eigenvalue weighted by atomic mass is 32.2. The molecule has 2 bridgehead atoms. The Balaban J connectivity index is 1.51. The molecular formula is C16H27F3N4O3S. The smallest absolute Gasteiger partial charge is 0.373 e. The van der Waals surface area contributed by atoms with Gasteiger partial charge in [0.2, 0.25) is 0 Å². The van der Waals surface area contributed by atoms with Crippen molar-refractivity contribution in [3.63, 3.8) is 0 Å². The van der Waals surface area contributed by atoms with Crippen molar-refractivity contribution in [1.82, 2.24) is 14.9 Å². The number of ether oxygens (including phenoxy) is 1. The van der Waals surface area contributed by atoms with E-state index in [0.717, 1.165) is 19.3 Å². The van der Waals surface area contributed by atoms with Crippen LogP contribution in [0.25, 0.3) is 0 Å². The Morgan fingerprint density at radius 3 is 2.44 bits per heavy atom. The maximum atomic E-state index is 12.6. The Labute approximate surface area is 157 Å². The normalized spacial score (nSPS) is 30.7. The summed E-state index contributed by atoms with van der Waals surface area (Å²) < 4.78 is 67.2. The van der Waals surface area contributed by atoms with Crippen molar-refractivity contribution in [2.75, 3.05) is 26.2 Å². The summed E-state index contributed by atoms with van der Waals surface area (Å²) in [7, 11) is -5.22. The monoisotopic (exact) mass is 412 g/mol. The lowest BCUT2D eigenvalue weighted by Crippen LogP contribution is -2.48. The number of aliphatic imine (C=N–C) groups is 1. The van der Waals surface area contributed by atoms with Crippen LogP contribution >= 0.6 is 0 Å². The van der Waals surface area contributed by atoms with E-state index in [1.165, 1.54) is 0 Å². The van der Waals surface area contributed by atoms with E-state index in [2.05, 4.69) is 15.6 Å². The van der Waals surface area contributed by atoms with Gasteiger partial charge in [0, 0.05) is 26.2 Å². The second-order valence-corrected chi connectivity index (χ2v) is 9.30. The second-order valence-electron chi connectivity index (χ2n) is 7.37. The highest BCUT2D eigenvalue weighted by Crippen LogP contribution is 2.34. The van der Waals surface area contributed by atoms with Gasteiger partial charge in [-0.2, -0.15) is 17.5 Å². The van der Waals surface area contributed by atoms with Crippen LogP contribution in [0.1, 0.15) is 39.0 Å². The second kappa shape index (κ2) is 8.12. The Hall–Kier alpha value is -1.07. The molecule has 0 amide bonds. The molecule has 156 valence electrons. The number of fused-ring (bicyclic) bond motifs is 2. The minimum absolute atomic E-state index is 0.0661. The minimum atomic E-state index is -5.23. The molecule has 3 heterocycles. The van der Waals surface area contributed by atoms with Gasteiger partial charge in [-0.05, 0) is 44.9 Å². The fourth-order valence-electron chi connectivity index (χ4n) is 3.98. The van der Waals surface area contributed by atoms with Gasteiger partial charge >= 0.3 is 15.5 Å². The molecule has 3 fully saturated rings. The molecule has 3 atom stereocenters. The van der Waals surface area contributed by atoms with Crippen molar-refractivity contribution in [2.45, 2.75) is 62.8 Å². The molecule has 3 saturated heterocycles. The molecule has 11 heteroatoms. The molecule has 3 aliphatic heterocycles. The number of alkyl halides is 3. The zero-order valence-corrected chi connectivity index (χ0v) is 16.2. The van der Waals surface area contributed by atoms with Crippen LogP contribution in [0.4, 0.5) is 13.2 Å². The number of guanidine groups is 1. The number of hydrogen-bond donors (Lipinski definition) is 2. The minimum Gasteiger partial charge on any atom is -0.373 e. The van der Waals surface area contributed by atoms with Crippen LogP contribution < -0.4 is 10.6 Å². The van der Waals surface area contributed by atoms with Gasteiger partial charge in [-0.25, -0.2) is 8.42 Å². The fourth-order valence-corrected chi connectivity index (χ4v) is 4.97. The molecule has 3 rings (SSSR count). The predicted molar refractivity (Wildman–Crippen MR) is 94.7 cm³/mol. The molecule has 0 aromatic heterocycles. The number of piperidine rings is 1. The Morgan fingerprint density at radius 1 is 1.22 bits per heavy atom. The number of halogens is 3. The molecule has 0 aliphatic carbocycles. The maximum absolute atomic E-state index is 12.6. The molecule has 7 nitrogen and oxygen atoms in total. The van der Waals surface area contributed by atoms with E-state index >= 15 is 0 Å². The highest BCUT2D eigenvalue weighted by Gasteiger charge is 2.50. The van der Waals surface area contributed by atoms with Crippen LogP contribution in [0.15, 0.2) is 4.99 Å². The van der Waals surface area contributed by atoms with Gasteiger partial charge < -0.3 is 15.4 Å². The number of rotatable bonds is 5. The van der Waals surface area contributed by atoms with Gasteiger partial charge in [-0.15, -0.1) is 0 Å². The summed E-state index contributed by atoms with van der Waals surface area (Å²) in [6, 6.07) is 0.236. The topological polar surface area (TPSA) is 83.0 Å². The maximum Gasteiger partial charge on any atom is 0.511 e. The van der Waals surface area contributed by atoms with Crippen molar-refractivity contribution < 1.29 is 26.3 Å². The number of hydrogen-bond acceptors (Lipinski definition) is 4. The van der Waals surface area contributed by atoms with Crippen molar-refractivity contribution in [1.29, 1.82) is 0 Å². The fraction of sp³-hybridized carbons (Fsp3) is 0.938. The molecule has 2 N–H and O–H groups in total. The van der Waals surface area contributed by atoms with E-state index in [0.29, 0.717) is 42.3 Å². The molecule has 0 radical (unpaired) electrons. The summed E-state index contributed by atoms with van der Waals surface area (Å²) >= 11 is 0. The van der Waals surface area contributed by atoms with Gasteiger partial charge in [-0.3, -0.25) is 4.99 Å². The first-order valence-electron chi connectivity index (χ1n) is 9.47. The average Bonchev–Trinajstić information content (AvgIpc) is 3.22. The summed E-state index contributed by atoms with van der Waals surface area (Å²) in [5, 5.41) is 6.59. The molecule has 3 unspecified atom stereocenters. The summed E-state index contributed by atoms with van der Waals surface area (Å²) in [6.07, 6.45) is 4.40. The van der Waals surface area contributed by atoms with Gasteiger partial charge in [-0.1, -0.05) is 0 Å². The van der Waals surface area contributed by atoms with E-state index in [-0.39, 0.29) is 31.2 Å². The number of nitrogens with zero attached hydrogens (tertiary/aromatic N) is 2. The first-order chi connectivity index (χ1) is 12.7. The van der Waals surface area contributed by atoms with Crippen molar-refractivity contribution in [3.05, 3.63) is 0 Å². The molecule has 3 aliphatic rings. The zero-order chi connectivity index (χ0) is 19.7. The standard InChI is InChI=1S/C16H27F3N4O3S/c1-2-20-15(22-13-9-12-3-4-14(13)26-12)21-10-11-5-7-23(8-6-11)27(24,25)16(17,18)19/h11-14H,2-10H2,1H3,(H2,20,21,22). The Bertz CT molecular complexity index is 648. The van der Waals surface area contributed by atoms with Gasteiger partial charge in [0.15, 0.2) is 5.96 Å². The van der Waals surface area contributed by atoms with Crippen molar-refractivity contribution in [2.24, 2.45) is 10.9 Å². The summed E-state index contributed by atoms with van der Waals surface area (Å²) in [5.41, 5.74) is -5.23. The van der Waals surface area contributed by atoms with Gasteiger partial charge in [0.05, 0.1) is 18.2 Å². The van der Waals surface area contributed by atoms with E-state index in [1.807, 2.05) is 6.92 Å². The molecule has 0 aromatic rings. The summed E-state index contributed by atoms with van der Waals surface area (Å²) in [5.74, 6) is 0.750. The van der Waals surface area contributed by atoms with E-state index in [1.54, 1.807) is 0 Å². The largest absolute Gasteiger partial charge is 0.511 e. The van der Waals surface area contributed by atoms with E-state index in [4.69, 9.17) is 4.74 Å². The summed E-state index contributed by atoms with van der Waals surface area (Å²) in [6.45, 7) is 2.89. The van der Waals surface area contributed by atoms with Crippen LogP contribution in [0.5, 0.6) is 0 Å². The van der Waals surface area contributed by atoms with Crippen LogP contribution in [0, 0.1) is 5.92 Å². The lowest BCUT2D eigenvalue weighted by molar-refractivity contribution is -0.0496. The van der Waals surface area contributed by atoms with Crippen molar-refractivity contribution >= 4 is 16.0 Å². The predicted octanol–water partition coefficient (Wildman–Crippen LogP) is 1.42. The van der Waals surface area contributed by atoms with Crippen LogP contribution in [0.3, 0.4) is 0 Å². The number of nitrogens with one attached hydrogen (secondary N) is 2. The quantitative estimate of drug-likeness (QED) is 0.527. The molecular weight excluding hydrogens is 385 g/mol. The Morgan fingerprint density at radius 2 is 1.93 bits per heavy atom. The molecule has 0 saturated carbocycles. The lowest BCUT2D eigenvalue weighted by Gasteiger charge is -2.31. The van der Waals surface area contributed by atoms with Crippen molar-refractivity contribution in [3.8, 4) is 0 Å². The first kappa shape index (κ1) is 20.7. The average molecular weight is 412 g/mol. The number of sulfonamides is 1. The lowest BCUT2D eigenvalue weighted by atomic mass is 9.96. The Kier molecular flexibility index (Phi) is 6.21. The van der Waals surface area contributed by atoms with Crippen LogP contribution in [0.2, 0.25) is 0 Å². The van der Waals surface area contributed by atoms with Gasteiger partial charge in [0.1, 0.15) is 0 Å². The first-order valence-corrected chi connectivity index (χ1v) is 10.9. The van der Waals surface area contributed by atoms with E-state index in [9.17, 15) is 21.6 Å². The van der Waals surface area contributed by atoms with Crippen LogP contribution in [-0.4, -0.2) is 68.6 Å². The highest BCUT2D eigenvalue weighted by molar-refractivity contribution is 7.90. The van der Waals surface area contributed by atoms with Gasteiger partial charge in [0.25, 0.3) is 0 Å². The zero-order valence-electron chi connectivity index (χ0n) is 15.3. The van der Waals surface area contributed by atoms with Crippen LogP contribution in [-0.2, 0) is 14.8 Å². The molecule has 0 aromatic carbocycles. The third kappa shape index (κ3) is 4.68. The third-order valence-corrected chi connectivity index (χ3v) is 7.12. The summed E-state index contributed by atoms with van der Waals surface area (Å²) in [4.78, 5) is 4.57.